The molecule has 4 heterocycles. The summed E-state index contributed by atoms with van der Waals surface area (Å²) in [5, 5.41) is 3.95. The average molecular weight is 317 g/mol. The number of halogens is 1. The Bertz CT molecular complexity index is 788. The van der Waals surface area contributed by atoms with Gasteiger partial charge in [-0.05, 0) is 55.3 Å². The van der Waals surface area contributed by atoms with Crippen molar-refractivity contribution in [3.8, 4) is 11.6 Å². The summed E-state index contributed by atoms with van der Waals surface area (Å²) in [5.74, 6) is 1.46. The summed E-state index contributed by atoms with van der Waals surface area (Å²) in [6.07, 6.45) is 5.48. The molecule has 4 rings (SSSR count). The highest BCUT2D eigenvalue weighted by Gasteiger charge is 2.20. The molecule has 6 heteroatoms. The van der Waals surface area contributed by atoms with Crippen LogP contribution in [0.4, 0.5) is 0 Å². The van der Waals surface area contributed by atoms with E-state index in [9.17, 15) is 0 Å². The number of imidazole rings is 1. The Labute approximate surface area is 133 Å². The normalized spacial score (nSPS) is 18.9. The van der Waals surface area contributed by atoms with E-state index < -0.39 is 0 Å². The lowest BCUT2D eigenvalue weighted by Crippen LogP contribution is -2.37. The fourth-order valence-corrected chi connectivity index (χ4v) is 3.20. The summed E-state index contributed by atoms with van der Waals surface area (Å²) in [4.78, 5) is 9.18. The van der Waals surface area contributed by atoms with Crippen molar-refractivity contribution in [1.29, 1.82) is 0 Å². The molecule has 22 heavy (non-hydrogen) atoms. The first kappa shape index (κ1) is 13.8. The van der Waals surface area contributed by atoms with Crippen LogP contribution in [-0.2, 0) is 6.54 Å². The molecule has 1 atom stereocenters. The second-order valence-electron chi connectivity index (χ2n) is 5.64. The van der Waals surface area contributed by atoms with Crippen LogP contribution in [0.15, 0.2) is 34.9 Å². The highest BCUT2D eigenvalue weighted by atomic mass is 35.5. The van der Waals surface area contributed by atoms with Gasteiger partial charge >= 0.3 is 0 Å². The summed E-state index contributed by atoms with van der Waals surface area (Å²) in [6.45, 7) is 1.91. The number of furan rings is 1. The van der Waals surface area contributed by atoms with Gasteiger partial charge in [-0.1, -0.05) is 6.42 Å². The predicted molar refractivity (Wildman–Crippen MR) is 85.9 cm³/mol. The molecule has 3 aromatic rings. The van der Waals surface area contributed by atoms with Gasteiger partial charge in [0.2, 0.25) is 0 Å². The number of nitrogens with zero attached hydrogens (tertiary/aromatic N) is 3. The van der Waals surface area contributed by atoms with Gasteiger partial charge in [0, 0.05) is 18.8 Å². The second-order valence-corrected chi connectivity index (χ2v) is 6.02. The Kier molecular flexibility index (Phi) is 3.60. The summed E-state index contributed by atoms with van der Waals surface area (Å²) in [6, 6.07) is 7.91. The first-order valence-corrected chi connectivity index (χ1v) is 7.99. The number of hydrogen-bond donors (Lipinski definition) is 1. The van der Waals surface area contributed by atoms with E-state index >= 15 is 0 Å². The van der Waals surface area contributed by atoms with Crippen LogP contribution in [0.3, 0.4) is 0 Å². The third-order valence-corrected chi connectivity index (χ3v) is 4.32. The Morgan fingerprint density at radius 3 is 3.05 bits per heavy atom. The molecule has 114 valence electrons. The monoisotopic (exact) mass is 316 g/mol. The number of aromatic nitrogens is 3. The van der Waals surface area contributed by atoms with Crippen LogP contribution < -0.4 is 5.32 Å². The third kappa shape index (κ3) is 2.51. The van der Waals surface area contributed by atoms with E-state index in [-0.39, 0.29) is 0 Å². The Morgan fingerprint density at radius 2 is 2.27 bits per heavy atom. The maximum atomic E-state index is 5.92. The molecule has 1 unspecified atom stereocenters. The van der Waals surface area contributed by atoms with Crippen LogP contribution in [-0.4, -0.2) is 27.1 Å². The Morgan fingerprint density at radius 1 is 1.32 bits per heavy atom. The third-order valence-electron chi connectivity index (χ3n) is 4.11. The van der Waals surface area contributed by atoms with Crippen molar-refractivity contribution < 1.29 is 4.42 Å². The van der Waals surface area contributed by atoms with E-state index in [2.05, 4.69) is 19.9 Å². The second kappa shape index (κ2) is 5.74. The zero-order valence-corrected chi connectivity index (χ0v) is 12.9. The van der Waals surface area contributed by atoms with E-state index in [1.165, 1.54) is 19.3 Å². The van der Waals surface area contributed by atoms with Gasteiger partial charge in [0.25, 0.3) is 0 Å². The van der Waals surface area contributed by atoms with Crippen LogP contribution in [0.5, 0.6) is 0 Å². The molecule has 0 spiro atoms. The summed E-state index contributed by atoms with van der Waals surface area (Å²) in [5.41, 5.74) is 1.76. The van der Waals surface area contributed by atoms with E-state index in [0.717, 1.165) is 30.1 Å². The van der Waals surface area contributed by atoms with Crippen LogP contribution >= 0.6 is 11.6 Å². The fraction of sp³-hybridized carbons (Fsp3) is 0.375. The maximum Gasteiger partial charge on any atom is 0.194 e. The van der Waals surface area contributed by atoms with Gasteiger partial charge in [-0.25, -0.2) is 9.97 Å². The zero-order chi connectivity index (χ0) is 14.9. The van der Waals surface area contributed by atoms with Gasteiger partial charge in [0.15, 0.2) is 22.5 Å². The van der Waals surface area contributed by atoms with Crippen molar-refractivity contribution in [3.05, 3.63) is 35.7 Å². The van der Waals surface area contributed by atoms with Crippen molar-refractivity contribution in [3.63, 3.8) is 0 Å². The standard InChI is InChI=1S/C16H17ClN4O/c17-14-7-6-13(22-14)16-20-12-5-3-9-19-15(12)21(16)10-11-4-1-2-8-18-11/h3,5-7,9,11,18H,1-2,4,8,10H2. The molecule has 1 aliphatic heterocycles. The molecule has 0 saturated carbocycles. The number of nitrogens with one attached hydrogen (secondary N) is 1. The SMILES string of the molecule is Clc1ccc(-c2nc3cccnc3n2CC2CCCCN2)o1. The average Bonchev–Trinajstić information content (AvgIpc) is 3.13. The summed E-state index contributed by atoms with van der Waals surface area (Å²) in [7, 11) is 0. The number of piperidine rings is 1. The van der Waals surface area contributed by atoms with Crippen LogP contribution in [0, 0.1) is 0 Å². The minimum absolute atomic E-state index is 0.373. The molecular formula is C16H17ClN4O. The van der Waals surface area contributed by atoms with Crippen LogP contribution in [0.2, 0.25) is 5.22 Å². The number of fused-ring (bicyclic) bond motifs is 1. The molecule has 1 N–H and O–H groups in total. The first-order chi connectivity index (χ1) is 10.8. The van der Waals surface area contributed by atoms with Crippen molar-refractivity contribution in [1.82, 2.24) is 19.9 Å². The van der Waals surface area contributed by atoms with Gasteiger partial charge in [0.05, 0.1) is 0 Å². The van der Waals surface area contributed by atoms with E-state index in [0.29, 0.717) is 17.0 Å². The minimum Gasteiger partial charge on any atom is -0.441 e. The number of rotatable bonds is 3. The largest absolute Gasteiger partial charge is 0.441 e. The molecule has 0 bridgehead atoms. The van der Waals surface area contributed by atoms with Gasteiger partial charge in [-0.15, -0.1) is 0 Å². The first-order valence-electron chi connectivity index (χ1n) is 7.61. The lowest BCUT2D eigenvalue weighted by molar-refractivity contribution is 0.366. The number of pyridine rings is 1. The Balaban J connectivity index is 1.79. The Hall–Kier alpha value is -1.85. The molecule has 1 fully saturated rings. The smallest absolute Gasteiger partial charge is 0.194 e. The van der Waals surface area contributed by atoms with Crippen LogP contribution in [0.1, 0.15) is 19.3 Å². The van der Waals surface area contributed by atoms with E-state index in [4.69, 9.17) is 16.0 Å². The molecule has 0 radical (unpaired) electrons. The molecule has 0 aromatic carbocycles. The molecule has 3 aromatic heterocycles. The van der Waals surface area contributed by atoms with E-state index in [1.807, 2.05) is 18.2 Å². The van der Waals surface area contributed by atoms with Crippen molar-refractivity contribution in [2.24, 2.45) is 0 Å². The predicted octanol–water partition coefficient (Wildman–Crippen LogP) is 3.49. The summed E-state index contributed by atoms with van der Waals surface area (Å²) >= 11 is 5.92. The highest BCUT2D eigenvalue weighted by molar-refractivity contribution is 6.28. The molecule has 1 saturated heterocycles. The maximum absolute atomic E-state index is 5.92. The highest BCUT2D eigenvalue weighted by Crippen LogP contribution is 2.28. The van der Waals surface area contributed by atoms with Crippen molar-refractivity contribution in [2.45, 2.75) is 31.8 Å². The minimum atomic E-state index is 0.373. The topological polar surface area (TPSA) is 55.9 Å². The zero-order valence-electron chi connectivity index (χ0n) is 12.1. The van der Waals surface area contributed by atoms with Gasteiger partial charge < -0.3 is 14.3 Å². The van der Waals surface area contributed by atoms with E-state index in [1.54, 1.807) is 12.3 Å². The van der Waals surface area contributed by atoms with Crippen LogP contribution in [0.25, 0.3) is 22.7 Å². The van der Waals surface area contributed by atoms with Crippen molar-refractivity contribution in [2.75, 3.05) is 6.54 Å². The lowest BCUT2D eigenvalue weighted by atomic mass is 10.1. The molecule has 0 amide bonds. The quantitative estimate of drug-likeness (QED) is 0.803. The number of hydrogen-bond acceptors (Lipinski definition) is 4. The molecule has 5 nitrogen and oxygen atoms in total. The molecule has 1 aliphatic rings. The van der Waals surface area contributed by atoms with Gasteiger partial charge in [-0.2, -0.15) is 0 Å². The molecular weight excluding hydrogens is 300 g/mol. The molecule has 0 aliphatic carbocycles. The lowest BCUT2D eigenvalue weighted by Gasteiger charge is -2.24. The van der Waals surface area contributed by atoms with Gasteiger partial charge in [-0.3, -0.25) is 0 Å². The van der Waals surface area contributed by atoms with Gasteiger partial charge in [0.1, 0.15) is 5.52 Å². The van der Waals surface area contributed by atoms with Crippen molar-refractivity contribution >= 4 is 22.8 Å². The summed E-state index contributed by atoms with van der Waals surface area (Å²) < 4.78 is 7.70. The fourth-order valence-electron chi connectivity index (χ4n) is 3.05.